The topological polar surface area (TPSA) is 92.3 Å². The minimum absolute atomic E-state index is 0.00526. The first-order chi connectivity index (χ1) is 10.7. The van der Waals surface area contributed by atoms with Gasteiger partial charge in [-0.2, -0.15) is 0 Å². The second-order valence-electron chi connectivity index (χ2n) is 5.10. The molecule has 0 atom stereocenters. The number of aryl methyl sites for hydroxylation is 2. The van der Waals surface area contributed by atoms with Crippen molar-refractivity contribution in [3.05, 3.63) is 53.6 Å². The van der Waals surface area contributed by atoms with Crippen LogP contribution < -0.4 is 9.44 Å². The Bertz CT molecular complexity index is 918. The maximum Gasteiger partial charge on any atom is 0.261 e. The maximum absolute atomic E-state index is 12.4. The summed E-state index contributed by atoms with van der Waals surface area (Å²) in [5.74, 6) is 0. The predicted molar refractivity (Wildman–Crippen MR) is 89.4 cm³/mol. The summed E-state index contributed by atoms with van der Waals surface area (Å²) in [6, 6.07) is 10.5. The SMILES string of the molecule is CNS(=O)(=O)c1ccc(S(=O)(=O)Nc2cc(C)ccc2C)cc1. The highest BCUT2D eigenvalue weighted by atomic mass is 32.2. The number of benzene rings is 2. The van der Waals surface area contributed by atoms with E-state index in [1.54, 1.807) is 13.0 Å². The number of rotatable bonds is 5. The molecule has 0 fully saturated rings. The first-order valence-electron chi connectivity index (χ1n) is 6.79. The van der Waals surface area contributed by atoms with E-state index in [2.05, 4.69) is 9.44 Å². The van der Waals surface area contributed by atoms with Crippen LogP contribution in [-0.4, -0.2) is 23.9 Å². The van der Waals surface area contributed by atoms with Gasteiger partial charge in [-0.05, 0) is 62.4 Å². The van der Waals surface area contributed by atoms with Crippen molar-refractivity contribution >= 4 is 25.7 Å². The normalized spacial score (nSPS) is 12.1. The van der Waals surface area contributed by atoms with Crippen LogP contribution in [-0.2, 0) is 20.0 Å². The highest BCUT2D eigenvalue weighted by Crippen LogP contribution is 2.22. The van der Waals surface area contributed by atoms with Crippen LogP contribution in [0, 0.1) is 13.8 Å². The van der Waals surface area contributed by atoms with E-state index in [1.807, 2.05) is 19.1 Å². The van der Waals surface area contributed by atoms with Gasteiger partial charge in [0.1, 0.15) is 0 Å². The molecule has 23 heavy (non-hydrogen) atoms. The van der Waals surface area contributed by atoms with Crippen LogP contribution in [0.4, 0.5) is 5.69 Å². The molecule has 8 heteroatoms. The Balaban J connectivity index is 2.35. The molecule has 0 aliphatic heterocycles. The van der Waals surface area contributed by atoms with Gasteiger partial charge in [-0.25, -0.2) is 21.6 Å². The Morgan fingerprint density at radius 1 is 0.783 bits per heavy atom. The number of anilines is 1. The molecule has 0 aliphatic rings. The number of nitrogens with one attached hydrogen (secondary N) is 2. The molecule has 0 radical (unpaired) electrons. The molecular formula is C15H18N2O4S2. The Morgan fingerprint density at radius 3 is 1.83 bits per heavy atom. The molecule has 0 saturated carbocycles. The lowest BCUT2D eigenvalue weighted by Crippen LogP contribution is -2.19. The zero-order valence-corrected chi connectivity index (χ0v) is 14.6. The molecule has 0 heterocycles. The lowest BCUT2D eigenvalue weighted by Gasteiger charge is -2.12. The van der Waals surface area contributed by atoms with Gasteiger partial charge in [0.05, 0.1) is 15.5 Å². The molecule has 2 aromatic carbocycles. The van der Waals surface area contributed by atoms with Crippen molar-refractivity contribution in [1.29, 1.82) is 0 Å². The van der Waals surface area contributed by atoms with Gasteiger partial charge in [-0.15, -0.1) is 0 Å². The summed E-state index contributed by atoms with van der Waals surface area (Å²) < 4.78 is 52.9. The highest BCUT2D eigenvalue weighted by Gasteiger charge is 2.17. The van der Waals surface area contributed by atoms with Crippen molar-refractivity contribution in [1.82, 2.24) is 4.72 Å². The third-order valence-electron chi connectivity index (χ3n) is 3.35. The van der Waals surface area contributed by atoms with E-state index < -0.39 is 20.0 Å². The second-order valence-corrected chi connectivity index (χ2v) is 8.67. The first-order valence-corrected chi connectivity index (χ1v) is 9.76. The van der Waals surface area contributed by atoms with E-state index in [9.17, 15) is 16.8 Å². The fraction of sp³-hybridized carbons (Fsp3) is 0.200. The molecule has 0 saturated heterocycles. The molecule has 2 aromatic rings. The zero-order chi connectivity index (χ0) is 17.3. The molecule has 0 bridgehead atoms. The summed E-state index contributed by atoms with van der Waals surface area (Å²) in [4.78, 5) is -0.000791. The third-order valence-corrected chi connectivity index (χ3v) is 6.16. The van der Waals surface area contributed by atoms with Crippen molar-refractivity contribution in [2.24, 2.45) is 0 Å². The Morgan fingerprint density at radius 2 is 1.30 bits per heavy atom. The standard InChI is InChI=1S/C15H18N2O4S2/c1-11-4-5-12(2)15(10-11)17-23(20,21)14-8-6-13(7-9-14)22(18,19)16-3/h4-10,16-17H,1-3H3. The number of hydrogen-bond acceptors (Lipinski definition) is 4. The quantitative estimate of drug-likeness (QED) is 0.859. The van der Waals surface area contributed by atoms with E-state index in [1.165, 1.54) is 31.3 Å². The zero-order valence-electron chi connectivity index (χ0n) is 13.0. The van der Waals surface area contributed by atoms with Crippen LogP contribution in [0.2, 0.25) is 0 Å². The Kier molecular flexibility index (Phi) is 4.79. The molecule has 0 unspecified atom stereocenters. The predicted octanol–water partition coefficient (Wildman–Crippen LogP) is 2.01. The van der Waals surface area contributed by atoms with Gasteiger partial charge in [0, 0.05) is 0 Å². The lowest BCUT2D eigenvalue weighted by atomic mass is 10.1. The molecule has 6 nitrogen and oxygen atoms in total. The molecular weight excluding hydrogens is 336 g/mol. The fourth-order valence-corrected chi connectivity index (χ4v) is 3.82. The van der Waals surface area contributed by atoms with Gasteiger partial charge in [0.25, 0.3) is 10.0 Å². The number of sulfonamides is 2. The van der Waals surface area contributed by atoms with Crippen LogP contribution in [0.1, 0.15) is 11.1 Å². The second kappa shape index (κ2) is 6.31. The van der Waals surface area contributed by atoms with Gasteiger partial charge in [0.2, 0.25) is 10.0 Å². The molecule has 2 rings (SSSR count). The summed E-state index contributed by atoms with van der Waals surface area (Å²) in [7, 11) is -6.09. The van der Waals surface area contributed by atoms with E-state index in [-0.39, 0.29) is 9.79 Å². The van der Waals surface area contributed by atoms with Gasteiger partial charge < -0.3 is 0 Å². The molecule has 0 spiro atoms. The van der Waals surface area contributed by atoms with E-state index in [4.69, 9.17) is 0 Å². The summed E-state index contributed by atoms with van der Waals surface area (Å²) in [5.41, 5.74) is 2.23. The molecule has 2 N–H and O–H groups in total. The highest BCUT2D eigenvalue weighted by molar-refractivity contribution is 7.92. The fourth-order valence-electron chi connectivity index (χ4n) is 1.97. The monoisotopic (exact) mass is 354 g/mol. The Hall–Kier alpha value is -1.90. The first kappa shape index (κ1) is 17.5. The van der Waals surface area contributed by atoms with E-state index in [0.29, 0.717) is 5.69 Å². The molecule has 124 valence electrons. The van der Waals surface area contributed by atoms with Crippen molar-refractivity contribution in [2.75, 3.05) is 11.8 Å². The summed E-state index contributed by atoms with van der Waals surface area (Å²) in [6.45, 7) is 3.68. The molecule has 0 amide bonds. The minimum Gasteiger partial charge on any atom is -0.279 e. The van der Waals surface area contributed by atoms with Gasteiger partial charge in [-0.1, -0.05) is 12.1 Å². The van der Waals surface area contributed by atoms with Crippen LogP contribution in [0.3, 0.4) is 0 Å². The average molecular weight is 354 g/mol. The van der Waals surface area contributed by atoms with Crippen molar-refractivity contribution < 1.29 is 16.8 Å². The summed E-state index contributed by atoms with van der Waals surface area (Å²) >= 11 is 0. The van der Waals surface area contributed by atoms with Crippen molar-refractivity contribution in [3.8, 4) is 0 Å². The maximum atomic E-state index is 12.4. The lowest BCUT2D eigenvalue weighted by molar-refractivity contribution is 0.587. The summed E-state index contributed by atoms with van der Waals surface area (Å²) in [6.07, 6.45) is 0. The molecule has 0 aliphatic carbocycles. The van der Waals surface area contributed by atoms with Gasteiger partial charge >= 0.3 is 0 Å². The van der Waals surface area contributed by atoms with Crippen LogP contribution in [0.15, 0.2) is 52.3 Å². The summed E-state index contributed by atoms with van der Waals surface area (Å²) in [5, 5.41) is 0. The Labute approximate surface area is 136 Å². The number of hydrogen-bond donors (Lipinski definition) is 2. The smallest absolute Gasteiger partial charge is 0.261 e. The van der Waals surface area contributed by atoms with Gasteiger partial charge in [-0.3, -0.25) is 4.72 Å². The van der Waals surface area contributed by atoms with Gasteiger partial charge in [0.15, 0.2) is 0 Å². The largest absolute Gasteiger partial charge is 0.279 e. The van der Waals surface area contributed by atoms with Crippen molar-refractivity contribution in [2.45, 2.75) is 23.6 Å². The van der Waals surface area contributed by atoms with E-state index >= 15 is 0 Å². The minimum atomic E-state index is -3.79. The molecule has 0 aromatic heterocycles. The third kappa shape index (κ3) is 3.90. The van der Waals surface area contributed by atoms with Crippen LogP contribution in [0.5, 0.6) is 0 Å². The average Bonchev–Trinajstić information content (AvgIpc) is 2.51. The van der Waals surface area contributed by atoms with E-state index in [0.717, 1.165) is 11.1 Å². The van der Waals surface area contributed by atoms with Crippen LogP contribution in [0.25, 0.3) is 0 Å². The van der Waals surface area contributed by atoms with Crippen molar-refractivity contribution in [3.63, 3.8) is 0 Å². The van der Waals surface area contributed by atoms with Crippen LogP contribution >= 0.6 is 0 Å².